The van der Waals surface area contributed by atoms with Crippen molar-refractivity contribution in [3.63, 3.8) is 0 Å². The lowest BCUT2D eigenvalue weighted by Crippen LogP contribution is -2.64. The van der Waals surface area contributed by atoms with Crippen LogP contribution in [0.15, 0.2) is 42.1 Å². The normalized spacial score (nSPS) is 22.5. The Hall–Kier alpha value is -8.68. The van der Waals surface area contributed by atoms with Crippen LogP contribution in [0.2, 0.25) is 0 Å². The Morgan fingerprint density at radius 1 is 0.645 bits per heavy atom. The lowest BCUT2D eigenvalue weighted by atomic mass is 9.95. The van der Waals surface area contributed by atoms with Gasteiger partial charge in [0.15, 0.2) is 0 Å². The summed E-state index contributed by atoms with van der Waals surface area (Å²) in [7, 11) is 0. The molecule has 0 aromatic heterocycles. The number of halogens is 2. The van der Waals surface area contributed by atoms with Crippen molar-refractivity contribution in [3.8, 4) is 0 Å². The molecule has 107 heavy (non-hydrogen) atoms. The lowest BCUT2D eigenvalue weighted by Gasteiger charge is -2.33. The number of likely N-dealkylation sites (tertiary alicyclic amines) is 1. The van der Waals surface area contributed by atoms with Crippen LogP contribution in [-0.2, 0) is 78.3 Å². The minimum absolute atomic E-state index is 0.0432. The summed E-state index contributed by atoms with van der Waals surface area (Å²) in [6, 6.07) is -8.16. The van der Waals surface area contributed by atoms with Gasteiger partial charge in [0, 0.05) is 25.8 Å². The first-order valence-electron chi connectivity index (χ1n) is 37.7. The minimum atomic E-state index is -2.91. The first-order valence-corrected chi connectivity index (χ1v) is 37.7. The molecule has 2 heterocycles. The van der Waals surface area contributed by atoms with Crippen LogP contribution in [-0.4, -0.2) is 196 Å². The van der Waals surface area contributed by atoms with Crippen molar-refractivity contribution in [2.24, 2.45) is 47.2 Å². The molecular weight excluding hydrogens is 1390 g/mol. The molecule has 2 aliphatic heterocycles. The summed E-state index contributed by atoms with van der Waals surface area (Å²) in [4.78, 5) is 202. The number of carbonyl (C=O) groups excluding carboxylic acids is 14. The fourth-order valence-corrected chi connectivity index (χ4v) is 12.2. The Labute approximate surface area is 628 Å². The van der Waals surface area contributed by atoms with E-state index in [9.17, 15) is 71.4 Å². The summed E-state index contributed by atoms with van der Waals surface area (Å²) in [5.41, 5.74) is 6.31. The van der Waals surface area contributed by atoms with Crippen LogP contribution in [0, 0.1) is 41.4 Å². The highest BCUT2D eigenvalue weighted by molar-refractivity contribution is 6.03. The van der Waals surface area contributed by atoms with Gasteiger partial charge in [-0.25, -0.2) is 13.6 Å². The van der Waals surface area contributed by atoms with Crippen molar-refractivity contribution in [1.29, 1.82) is 0 Å². The second kappa shape index (κ2) is 44.0. The van der Waals surface area contributed by atoms with E-state index >= 15 is 9.59 Å². The number of aliphatic hydroxyl groups excluding tert-OH is 1. The smallest absolute Gasteiger partial charge is 0.329 e. The second-order valence-electron chi connectivity index (χ2n) is 30.2. The van der Waals surface area contributed by atoms with Crippen LogP contribution in [0.1, 0.15) is 194 Å². The van der Waals surface area contributed by atoms with Gasteiger partial charge in [0.2, 0.25) is 76.8 Å². The van der Waals surface area contributed by atoms with Gasteiger partial charge in [0.1, 0.15) is 84.3 Å². The Balaban J connectivity index is 1.98. The van der Waals surface area contributed by atoms with Gasteiger partial charge in [-0.05, 0) is 120 Å². The molecular formula is C75H122F2N14O16. The molecule has 3 rings (SSSR count). The van der Waals surface area contributed by atoms with Crippen molar-refractivity contribution < 1.29 is 85.7 Å². The van der Waals surface area contributed by atoms with Gasteiger partial charge in [-0.2, -0.15) is 0 Å². The van der Waals surface area contributed by atoms with E-state index in [4.69, 9.17) is 10.5 Å². The molecule has 1 aromatic rings. The number of nitrogens with zero attached hydrogens (tertiary/aromatic N) is 1. The van der Waals surface area contributed by atoms with Crippen LogP contribution in [0.3, 0.4) is 0 Å². The molecule has 32 heteroatoms. The predicted octanol–water partition coefficient (Wildman–Crippen LogP) is 2.23. The van der Waals surface area contributed by atoms with Gasteiger partial charge in [0.25, 0.3) is 5.91 Å². The fraction of sp³-hybridized carbons (Fsp3) is 0.707. The van der Waals surface area contributed by atoms with Gasteiger partial charge < -0.3 is 84.3 Å². The highest BCUT2D eigenvalue weighted by atomic mass is 19.3. The topological polar surface area (TPSA) is 442 Å². The average molecular weight is 1510 g/mol. The number of ether oxygens (including phenoxy) is 1. The molecule has 0 spiro atoms. The Morgan fingerprint density at radius 2 is 1.19 bits per heavy atom. The number of hydrogen-bond donors (Lipinski definition) is 14. The number of hydrogen-bond acceptors (Lipinski definition) is 17. The number of amides is 13. The van der Waals surface area contributed by atoms with Crippen LogP contribution in [0.4, 0.5) is 8.78 Å². The molecule has 0 unspecified atom stereocenters. The number of esters is 1. The Morgan fingerprint density at radius 3 is 1.72 bits per heavy atom. The Bertz CT molecular complexity index is 3240. The van der Waals surface area contributed by atoms with E-state index in [-0.39, 0.29) is 70.2 Å². The molecule has 2 aliphatic rings. The zero-order valence-electron chi connectivity index (χ0n) is 65.6. The third-order valence-electron chi connectivity index (χ3n) is 19.3. The molecule has 1 aromatic carbocycles. The number of allylic oxidation sites excluding steroid dienone is 1. The highest BCUT2D eigenvalue weighted by Crippen LogP contribution is 2.24. The molecule has 2 saturated heterocycles. The summed E-state index contributed by atoms with van der Waals surface area (Å²) >= 11 is 0. The quantitative estimate of drug-likeness (QED) is 0.0267. The first kappa shape index (κ1) is 92.5. The van der Waals surface area contributed by atoms with Gasteiger partial charge in [-0.15, -0.1) is 0 Å². The molecule has 16 atom stereocenters. The number of carbonyl (C=O) groups is 14. The number of rotatable bonds is 34. The molecule has 15 N–H and O–H groups in total. The third kappa shape index (κ3) is 28.8. The van der Waals surface area contributed by atoms with E-state index in [2.05, 4.69) is 63.8 Å². The van der Waals surface area contributed by atoms with E-state index in [1.807, 2.05) is 0 Å². The van der Waals surface area contributed by atoms with Crippen molar-refractivity contribution in [3.05, 3.63) is 47.7 Å². The summed E-state index contributed by atoms with van der Waals surface area (Å²) in [6.45, 7) is 27.9. The zero-order chi connectivity index (χ0) is 81.1. The summed E-state index contributed by atoms with van der Waals surface area (Å²) < 4.78 is 32.7. The van der Waals surface area contributed by atoms with Crippen molar-refractivity contribution in [2.75, 3.05) is 13.1 Å². The van der Waals surface area contributed by atoms with E-state index in [1.54, 1.807) is 127 Å². The van der Waals surface area contributed by atoms with Gasteiger partial charge in [0.05, 0.1) is 6.10 Å². The fourth-order valence-electron chi connectivity index (χ4n) is 12.2. The van der Waals surface area contributed by atoms with Crippen molar-refractivity contribution >= 4 is 82.8 Å². The molecule has 0 saturated carbocycles. The number of nitrogens with one attached hydrogen (secondary N) is 12. The van der Waals surface area contributed by atoms with E-state index < -0.39 is 221 Å². The van der Waals surface area contributed by atoms with Gasteiger partial charge in [-0.3, -0.25) is 62.3 Å². The second-order valence-corrected chi connectivity index (χ2v) is 30.2. The van der Waals surface area contributed by atoms with E-state index in [0.717, 1.165) is 6.92 Å². The molecule has 0 aliphatic carbocycles. The average Bonchev–Trinajstić information content (AvgIpc) is 1.31. The third-order valence-corrected chi connectivity index (χ3v) is 19.3. The zero-order valence-corrected chi connectivity index (χ0v) is 65.6. The number of cyclic esters (lactones) is 1. The van der Waals surface area contributed by atoms with Crippen molar-refractivity contribution in [1.82, 2.24) is 68.7 Å². The van der Waals surface area contributed by atoms with Crippen LogP contribution >= 0.6 is 0 Å². The maximum absolute atomic E-state index is 15.0. The number of alkyl halides is 2. The molecule has 0 radical (unpaired) electrons. The molecule has 13 amide bonds. The number of benzene rings is 1. The van der Waals surface area contributed by atoms with Gasteiger partial charge in [-0.1, -0.05) is 146 Å². The summed E-state index contributed by atoms with van der Waals surface area (Å²) in [6.07, 6.45) is -1.18. The predicted molar refractivity (Wildman–Crippen MR) is 396 cm³/mol. The lowest BCUT2D eigenvalue weighted by molar-refractivity contribution is -0.157. The number of aliphatic hydroxyl groups is 1. The number of nitrogens with two attached hydrogens (primary N) is 1. The SMILES string of the molecule is C/C=C1\NC(=O)[C@H](Cc2ccccc2)NC(=O)[C@@H](C(C)C)NC(=O)[C@@H]([C@@H](C)CC)NC(=O)[C@H](NC(=O)[C@H](NC(=O)[C@H](CCCN)NC(=O)[C@H]2CCCN2C(=O)[C@H](NC(=O)[C@@H](NC(=O)[C@@H](NC(=O)[C@H](NC(=O)CCCCC(C)(F)F)C(C)C)[C@@H](C)O)C(C)C)C(C)C)[C@@H](C)CC)[C@@H](C)OC(=O)[C@H](C(C)C)NC1=O. The number of unbranched alkanes of at least 4 members (excludes halogenated alkanes) is 1. The molecule has 602 valence electrons. The standard InChI is InChI=1S/C75H122F2N14O16/c1-19-43(14)58(70(102)90-61-46(17)107-74(106)57(42(12)13)86-62(94)48(21-3)79-64(96)50(37-47-29-23-22-24-30-47)81-66(98)54(39(6)7)83-69(101)59(44(15)20-2)88-72(61)104)87-63(95)49(31-27-35-78)80-65(97)51-32-28-36-91(51)73(105)56(41(10)11)85-68(100)55(40(8)9)84-71(103)60(45(16)92)89-67(99)53(38(4)5)82-52(93)33-25-26-34-75(18,76)77/h21-24,29-30,38-46,49-51,53-61,92H,19-20,25-28,31-37,78H2,1-18H3,(H,79,96)(H,80,97)(H,81,98)(H,82,93)(H,83,101)(H,84,103)(H,85,100)(H,86,94)(H,87,95)(H,88,104)(H,89,99)(H,90,102)/b48-21-/t43-,44-,45+,46+,49-,50-,51+,53+,54+,55-,56+,57-,58+,59+,60-,61+/m0/s1. The summed E-state index contributed by atoms with van der Waals surface area (Å²) in [5.74, 6) is -19.3. The van der Waals surface area contributed by atoms with E-state index in [1.165, 1.54) is 31.7 Å². The minimum Gasteiger partial charge on any atom is -0.458 e. The maximum Gasteiger partial charge on any atom is 0.329 e. The largest absolute Gasteiger partial charge is 0.458 e. The van der Waals surface area contributed by atoms with Gasteiger partial charge >= 0.3 is 5.97 Å². The van der Waals surface area contributed by atoms with Crippen molar-refractivity contribution in [2.45, 2.75) is 286 Å². The van der Waals surface area contributed by atoms with Crippen LogP contribution < -0.4 is 69.5 Å². The maximum atomic E-state index is 15.0. The van der Waals surface area contributed by atoms with Crippen LogP contribution in [0.5, 0.6) is 0 Å². The van der Waals surface area contributed by atoms with E-state index in [0.29, 0.717) is 18.4 Å². The monoisotopic (exact) mass is 1510 g/mol. The highest BCUT2D eigenvalue weighted by Gasteiger charge is 2.45. The first-order chi connectivity index (χ1) is 50.0. The molecule has 0 bridgehead atoms. The molecule has 30 nitrogen and oxygen atoms in total. The Kier molecular flexibility index (Phi) is 38.0. The molecule has 2 fully saturated rings. The summed E-state index contributed by atoms with van der Waals surface area (Å²) in [5, 5.41) is 42.7. The van der Waals surface area contributed by atoms with Crippen LogP contribution in [0.25, 0.3) is 0 Å².